The Morgan fingerprint density at radius 2 is 1.92 bits per heavy atom. The van der Waals surface area contributed by atoms with Gasteiger partial charge in [-0.2, -0.15) is 0 Å². The molecule has 0 saturated heterocycles. The summed E-state index contributed by atoms with van der Waals surface area (Å²) in [5.41, 5.74) is 1.14. The fraction of sp³-hybridized carbons (Fsp3) is 0.222. The standard InChI is InChI=1S/C18H18N2O5/c1-2-25-18(22)15-8-3-4-9-16(15)19-11-10-17(21)13-6-5-7-14(12-13)20(23)24/h3-9,12,19H,2,10-11H2,1H3. The van der Waals surface area contributed by atoms with Crippen molar-refractivity contribution in [3.63, 3.8) is 0 Å². The van der Waals surface area contributed by atoms with Crippen LogP contribution in [0.5, 0.6) is 0 Å². The third-order valence-corrected chi connectivity index (χ3v) is 3.47. The lowest BCUT2D eigenvalue weighted by Gasteiger charge is -2.11. The van der Waals surface area contributed by atoms with Gasteiger partial charge in [0, 0.05) is 36.3 Å². The number of rotatable bonds is 8. The van der Waals surface area contributed by atoms with Crippen LogP contribution in [0, 0.1) is 10.1 Å². The molecule has 0 unspecified atom stereocenters. The summed E-state index contributed by atoms with van der Waals surface area (Å²) in [7, 11) is 0. The van der Waals surface area contributed by atoms with Gasteiger partial charge >= 0.3 is 5.97 Å². The van der Waals surface area contributed by atoms with Crippen molar-refractivity contribution >= 4 is 23.1 Å². The van der Waals surface area contributed by atoms with Crippen LogP contribution in [0.25, 0.3) is 0 Å². The summed E-state index contributed by atoms with van der Waals surface area (Å²) >= 11 is 0. The maximum atomic E-state index is 12.2. The molecule has 0 saturated carbocycles. The quantitative estimate of drug-likeness (QED) is 0.341. The number of nitro benzene ring substituents is 1. The van der Waals surface area contributed by atoms with Crippen molar-refractivity contribution in [3.05, 3.63) is 69.8 Å². The highest BCUT2D eigenvalue weighted by Crippen LogP contribution is 2.17. The number of nitrogens with one attached hydrogen (secondary N) is 1. The molecule has 0 fully saturated rings. The monoisotopic (exact) mass is 342 g/mol. The Labute approximate surface area is 144 Å². The molecule has 0 spiro atoms. The molecule has 0 bridgehead atoms. The van der Waals surface area contributed by atoms with Gasteiger partial charge in [-0.25, -0.2) is 4.79 Å². The Kier molecular flexibility index (Phi) is 6.22. The summed E-state index contributed by atoms with van der Waals surface area (Å²) in [6.07, 6.45) is 0.137. The van der Waals surface area contributed by atoms with Gasteiger partial charge in [-0.15, -0.1) is 0 Å². The van der Waals surface area contributed by atoms with Crippen LogP contribution in [-0.2, 0) is 4.74 Å². The normalized spacial score (nSPS) is 10.1. The molecular weight excluding hydrogens is 324 g/mol. The second-order valence-corrected chi connectivity index (χ2v) is 5.17. The maximum Gasteiger partial charge on any atom is 0.340 e. The lowest BCUT2D eigenvalue weighted by atomic mass is 10.1. The highest BCUT2D eigenvalue weighted by Gasteiger charge is 2.13. The van der Waals surface area contributed by atoms with Crippen molar-refractivity contribution in [1.82, 2.24) is 0 Å². The predicted molar refractivity (Wildman–Crippen MR) is 92.9 cm³/mol. The van der Waals surface area contributed by atoms with Gasteiger partial charge in [0.2, 0.25) is 0 Å². The molecule has 0 aliphatic rings. The second-order valence-electron chi connectivity index (χ2n) is 5.17. The third-order valence-electron chi connectivity index (χ3n) is 3.47. The highest BCUT2D eigenvalue weighted by atomic mass is 16.6. The van der Waals surface area contributed by atoms with Gasteiger partial charge < -0.3 is 10.1 Å². The molecule has 0 amide bonds. The van der Waals surface area contributed by atoms with Crippen LogP contribution in [0.15, 0.2) is 48.5 Å². The number of ketones is 1. The van der Waals surface area contributed by atoms with Crippen LogP contribution < -0.4 is 5.32 Å². The molecule has 130 valence electrons. The SMILES string of the molecule is CCOC(=O)c1ccccc1NCCC(=O)c1cccc([N+](=O)[O-])c1. The van der Waals surface area contributed by atoms with Crippen LogP contribution in [0.2, 0.25) is 0 Å². The first-order valence-electron chi connectivity index (χ1n) is 7.80. The number of carbonyl (C=O) groups is 2. The third kappa shape index (κ3) is 4.87. The van der Waals surface area contributed by atoms with Crippen molar-refractivity contribution in [1.29, 1.82) is 0 Å². The fourth-order valence-electron chi connectivity index (χ4n) is 2.27. The molecule has 2 aromatic rings. The number of carbonyl (C=O) groups excluding carboxylic acids is 2. The number of hydrogen-bond acceptors (Lipinski definition) is 6. The molecule has 1 N–H and O–H groups in total. The van der Waals surface area contributed by atoms with Crippen molar-refractivity contribution in [2.75, 3.05) is 18.5 Å². The van der Waals surface area contributed by atoms with E-state index in [9.17, 15) is 19.7 Å². The van der Waals surface area contributed by atoms with Crippen LogP contribution in [0.3, 0.4) is 0 Å². The molecule has 7 nitrogen and oxygen atoms in total. The van der Waals surface area contributed by atoms with Crippen molar-refractivity contribution in [2.24, 2.45) is 0 Å². The number of nitrogens with zero attached hydrogens (tertiary/aromatic N) is 1. The lowest BCUT2D eigenvalue weighted by Crippen LogP contribution is -2.13. The molecule has 25 heavy (non-hydrogen) atoms. The van der Waals surface area contributed by atoms with E-state index >= 15 is 0 Å². The first-order valence-corrected chi connectivity index (χ1v) is 7.80. The lowest BCUT2D eigenvalue weighted by molar-refractivity contribution is -0.384. The van der Waals surface area contributed by atoms with Crippen LogP contribution in [0.4, 0.5) is 11.4 Å². The zero-order valence-electron chi connectivity index (χ0n) is 13.7. The van der Waals surface area contributed by atoms with Gasteiger partial charge in [-0.1, -0.05) is 24.3 Å². The molecule has 0 aromatic heterocycles. The van der Waals surface area contributed by atoms with Crippen LogP contribution in [0.1, 0.15) is 34.1 Å². The van der Waals surface area contributed by atoms with Crippen LogP contribution >= 0.6 is 0 Å². The van der Waals surface area contributed by atoms with Crippen molar-refractivity contribution in [2.45, 2.75) is 13.3 Å². The highest BCUT2D eigenvalue weighted by molar-refractivity contribution is 5.97. The Balaban J connectivity index is 1.99. The summed E-state index contributed by atoms with van der Waals surface area (Å²) in [5.74, 6) is -0.652. The molecule has 0 aliphatic carbocycles. The summed E-state index contributed by atoms with van der Waals surface area (Å²) in [6, 6.07) is 12.5. The van der Waals surface area contributed by atoms with Crippen molar-refractivity contribution < 1.29 is 19.2 Å². The Morgan fingerprint density at radius 1 is 1.16 bits per heavy atom. The molecule has 0 heterocycles. The van der Waals surface area contributed by atoms with Crippen molar-refractivity contribution in [3.8, 4) is 0 Å². The second kappa shape index (κ2) is 8.58. The number of hydrogen-bond donors (Lipinski definition) is 1. The predicted octanol–water partition coefficient (Wildman–Crippen LogP) is 3.46. The minimum Gasteiger partial charge on any atom is -0.462 e. The van der Waals surface area contributed by atoms with E-state index in [1.807, 2.05) is 0 Å². The van der Waals surface area contributed by atoms with Gasteiger partial charge in [0.05, 0.1) is 17.1 Å². The summed E-state index contributed by atoms with van der Waals surface area (Å²) in [4.78, 5) is 34.3. The van der Waals surface area contributed by atoms with Crippen LogP contribution in [-0.4, -0.2) is 29.8 Å². The number of anilines is 1. The Morgan fingerprint density at radius 3 is 2.64 bits per heavy atom. The summed E-state index contributed by atoms with van der Waals surface area (Å²) in [6.45, 7) is 2.29. The first kappa shape index (κ1) is 18.1. The zero-order chi connectivity index (χ0) is 18.2. The number of para-hydroxylation sites is 1. The minimum atomic E-state index is -0.537. The van der Waals surface area contributed by atoms with E-state index in [2.05, 4.69) is 5.32 Å². The van der Waals surface area contributed by atoms with E-state index < -0.39 is 10.9 Å². The molecule has 7 heteroatoms. The molecule has 2 aromatic carbocycles. The maximum absolute atomic E-state index is 12.2. The number of non-ortho nitro benzene ring substituents is 1. The number of Topliss-reactive ketones (excluding diaryl/α,β-unsaturated/α-hetero) is 1. The van der Waals surface area contributed by atoms with E-state index in [0.29, 0.717) is 11.3 Å². The topological polar surface area (TPSA) is 98.5 Å². The number of esters is 1. The van der Waals surface area contributed by atoms with Gasteiger partial charge in [-0.3, -0.25) is 14.9 Å². The van der Waals surface area contributed by atoms with E-state index in [-0.39, 0.29) is 36.6 Å². The summed E-state index contributed by atoms with van der Waals surface area (Å²) in [5, 5.41) is 13.8. The molecule has 0 atom stereocenters. The minimum absolute atomic E-state index is 0.119. The average Bonchev–Trinajstić information content (AvgIpc) is 2.62. The Hall–Kier alpha value is -3.22. The van der Waals surface area contributed by atoms with Gasteiger partial charge in [0.15, 0.2) is 5.78 Å². The first-order chi connectivity index (χ1) is 12.0. The van der Waals surface area contributed by atoms with Gasteiger partial charge in [0.1, 0.15) is 0 Å². The smallest absolute Gasteiger partial charge is 0.340 e. The van der Waals surface area contributed by atoms with E-state index in [4.69, 9.17) is 4.74 Å². The molecular formula is C18H18N2O5. The number of benzene rings is 2. The molecule has 2 rings (SSSR count). The number of ether oxygens (including phenoxy) is 1. The average molecular weight is 342 g/mol. The Bertz CT molecular complexity index is 789. The summed E-state index contributed by atoms with van der Waals surface area (Å²) < 4.78 is 4.99. The van der Waals surface area contributed by atoms with E-state index in [1.54, 1.807) is 37.3 Å². The molecule has 0 radical (unpaired) electrons. The zero-order valence-corrected chi connectivity index (χ0v) is 13.7. The number of nitro groups is 1. The van der Waals surface area contributed by atoms with E-state index in [0.717, 1.165) is 0 Å². The van der Waals surface area contributed by atoms with Gasteiger partial charge in [-0.05, 0) is 19.1 Å². The fourth-order valence-corrected chi connectivity index (χ4v) is 2.27. The molecule has 0 aliphatic heterocycles. The van der Waals surface area contributed by atoms with E-state index in [1.165, 1.54) is 18.2 Å². The van der Waals surface area contributed by atoms with Gasteiger partial charge in [0.25, 0.3) is 5.69 Å². The largest absolute Gasteiger partial charge is 0.462 e.